The van der Waals surface area contributed by atoms with Crippen LogP contribution in [0.25, 0.3) is 0 Å². The van der Waals surface area contributed by atoms with Crippen molar-refractivity contribution in [1.29, 1.82) is 0 Å². The molecule has 8 heteroatoms. The average Bonchev–Trinajstić information content (AvgIpc) is 3.27. The van der Waals surface area contributed by atoms with Crippen molar-refractivity contribution in [3.63, 3.8) is 0 Å². The summed E-state index contributed by atoms with van der Waals surface area (Å²) >= 11 is 0. The van der Waals surface area contributed by atoms with Gasteiger partial charge in [0.2, 0.25) is 12.2 Å². The van der Waals surface area contributed by atoms with E-state index in [2.05, 4.69) is 22.3 Å². The number of allylic oxidation sites excluding steroid dienone is 1. The van der Waals surface area contributed by atoms with Gasteiger partial charge in [0.05, 0.1) is 6.67 Å². The van der Waals surface area contributed by atoms with Gasteiger partial charge in [-0.05, 0) is 56.4 Å². The number of anilines is 1. The molecule has 3 aliphatic heterocycles. The maximum atomic E-state index is 13.8. The second kappa shape index (κ2) is 11.6. The minimum Gasteiger partial charge on any atom is -0.459 e. The van der Waals surface area contributed by atoms with E-state index in [0.717, 1.165) is 17.7 Å². The van der Waals surface area contributed by atoms with E-state index >= 15 is 0 Å². The van der Waals surface area contributed by atoms with Crippen LogP contribution in [-0.2, 0) is 19.1 Å². The number of hydrogen-bond acceptors (Lipinski definition) is 6. The van der Waals surface area contributed by atoms with Crippen molar-refractivity contribution < 1.29 is 24.2 Å². The molecule has 3 atom stereocenters. The second-order valence-electron chi connectivity index (χ2n) is 10.2. The van der Waals surface area contributed by atoms with E-state index in [9.17, 15) is 14.7 Å². The Balaban J connectivity index is 1.36. The number of ether oxygens (including phenoxy) is 2. The summed E-state index contributed by atoms with van der Waals surface area (Å²) in [5, 5.41) is 12.5. The molecule has 2 N–H and O–H groups in total. The smallest absolute Gasteiger partial charge is 0.288 e. The lowest BCUT2D eigenvalue weighted by Crippen LogP contribution is -2.57. The van der Waals surface area contributed by atoms with Crippen molar-refractivity contribution in [3.8, 4) is 0 Å². The number of nitrogens with one attached hydrogen (secondary N) is 1. The molecule has 202 valence electrons. The first-order chi connectivity index (χ1) is 18.6. The molecule has 0 aromatic heterocycles. The molecule has 2 aromatic carbocycles. The van der Waals surface area contributed by atoms with Crippen molar-refractivity contribution in [2.24, 2.45) is 5.92 Å². The zero-order valence-corrected chi connectivity index (χ0v) is 21.9. The highest BCUT2D eigenvalue weighted by molar-refractivity contribution is 5.95. The van der Waals surface area contributed by atoms with Crippen LogP contribution in [0.3, 0.4) is 0 Å². The predicted octanol–water partition coefficient (Wildman–Crippen LogP) is 3.39. The van der Waals surface area contributed by atoms with Crippen LogP contribution in [0, 0.1) is 5.92 Å². The standard InChI is InChI=1S/C30H37N3O5/c1-2-37-28-24(14-9-19-34)25(22-10-5-3-6-11-22)20-26(38-28)27(35)32-17-15-30(16-18-32)29(36)31-21-33(30)23-12-7-4-8-13-23/h3-8,10-13,20,24-25,28,34H,2,9,14-19,21H2,1H3,(H,31,36). The van der Waals surface area contributed by atoms with Gasteiger partial charge in [-0.3, -0.25) is 9.59 Å². The Kier molecular flexibility index (Phi) is 8.00. The predicted molar refractivity (Wildman–Crippen MR) is 144 cm³/mol. The normalized spacial score (nSPS) is 24.6. The number of nitrogens with zero attached hydrogens (tertiary/aromatic N) is 2. The summed E-state index contributed by atoms with van der Waals surface area (Å²) in [6, 6.07) is 20.0. The molecule has 0 radical (unpaired) electrons. The minimum absolute atomic E-state index is 0.0210. The summed E-state index contributed by atoms with van der Waals surface area (Å²) in [7, 11) is 0. The molecule has 38 heavy (non-hydrogen) atoms. The molecule has 8 nitrogen and oxygen atoms in total. The molecule has 2 amide bonds. The summed E-state index contributed by atoms with van der Waals surface area (Å²) in [5.41, 5.74) is 1.44. The fraction of sp³-hybridized carbons (Fsp3) is 0.467. The van der Waals surface area contributed by atoms with Crippen LogP contribution in [0.15, 0.2) is 72.5 Å². The monoisotopic (exact) mass is 519 g/mol. The van der Waals surface area contributed by atoms with Gasteiger partial charge < -0.3 is 29.7 Å². The molecule has 0 saturated carbocycles. The highest BCUT2D eigenvalue weighted by Gasteiger charge is 2.51. The Morgan fingerprint density at radius 3 is 2.45 bits per heavy atom. The maximum absolute atomic E-state index is 13.8. The van der Waals surface area contributed by atoms with E-state index in [-0.39, 0.29) is 30.3 Å². The number of aliphatic hydroxyl groups is 1. The van der Waals surface area contributed by atoms with Gasteiger partial charge in [0, 0.05) is 43.8 Å². The fourth-order valence-electron chi connectivity index (χ4n) is 6.08. The number of amides is 2. The van der Waals surface area contributed by atoms with Gasteiger partial charge in [-0.1, -0.05) is 48.5 Å². The Morgan fingerprint density at radius 1 is 1.11 bits per heavy atom. The third-order valence-corrected chi connectivity index (χ3v) is 8.09. The van der Waals surface area contributed by atoms with Gasteiger partial charge in [0.25, 0.3) is 5.91 Å². The van der Waals surface area contributed by atoms with Crippen LogP contribution in [0.2, 0.25) is 0 Å². The highest BCUT2D eigenvalue weighted by Crippen LogP contribution is 2.41. The van der Waals surface area contributed by atoms with E-state index in [4.69, 9.17) is 9.47 Å². The molecule has 3 heterocycles. The lowest BCUT2D eigenvalue weighted by Gasteiger charge is -2.44. The van der Waals surface area contributed by atoms with Gasteiger partial charge in [-0.2, -0.15) is 0 Å². The van der Waals surface area contributed by atoms with E-state index in [1.807, 2.05) is 61.5 Å². The van der Waals surface area contributed by atoms with Crippen LogP contribution in [0.5, 0.6) is 0 Å². The number of likely N-dealkylation sites (tertiary alicyclic amines) is 1. The topological polar surface area (TPSA) is 91.3 Å². The van der Waals surface area contributed by atoms with Crippen LogP contribution in [0.4, 0.5) is 5.69 Å². The first-order valence-electron chi connectivity index (χ1n) is 13.6. The quantitative estimate of drug-likeness (QED) is 0.556. The number of hydrogen-bond donors (Lipinski definition) is 2. The lowest BCUT2D eigenvalue weighted by atomic mass is 9.80. The zero-order chi connectivity index (χ0) is 26.5. The number of aliphatic hydroxyl groups excluding tert-OH is 1. The third kappa shape index (κ3) is 5.02. The summed E-state index contributed by atoms with van der Waals surface area (Å²) in [6.45, 7) is 3.85. The number of carbonyl (C=O) groups is 2. The summed E-state index contributed by atoms with van der Waals surface area (Å²) in [5.74, 6) is 0.0542. The molecular formula is C30H37N3O5. The molecule has 1 spiro atoms. The lowest BCUT2D eigenvalue weighted by molar-refractivity contribution is -0.171. The number of para-hydroxylation sites is 1. The molecule has 3 unspecified atom stereocenters. The largest absolute Gasteiger partial charge is 0.459 e. The van der Waals surface area contributed by atoms with E-state index in [0.29, 0.717) is 51.4 Å². The zero-order valence-electron chi connectivity index (χ0n) is 21.9. The summed E-state index contributed by atoms with van der Waals surface area (Å²) < 4.78 is 12.2. The first kappa shape index (κ1) is 26.3. The molecule has 2 fully saturated rings. The molecule has 5 rings (SSSR count). The third-order valence-electron chi connectivity index (χ3n) is 8.09. The van der Waals surface area contributed by atoms with Crippen LogP contribution >= 0.6 is 0 Å². The van der Waals surface area contributed by atoms with E-state index in [1.54, 1.807) is 4.90 Å². The number of rotatable bonds is 8. The van der Waals surface area contributed by atoms with Crippen molar-refractivity contribution >= 4 is 17.5 Å². The van der Waals surface area contributed by atoms with Gasteiger partial charge in [-0.25, -0.2) is 0 Å². The SMILES string of the molecule is CCOC1OC(C(=O)N2CCC3(CC2)C(=O)NCN3c2ccccc2)=CC(c2ccccc2)C1CCCO. The molecular weight excluding hydrogens is 482 g/mol. The van der Waals surface area contributed by atoms with Gasteiger partial charge >= 0.3 is 0 Å². The summed E-state index contributed by atoms with van der Waals surface area (Å²) in [4.78, 5) is 30.7. The second-order valence-corrected chi connectivity index (χ2v) is 10.2. The highest BCUT2D eigenvalue weighted by atomic mass is 16.7. The Hall–Kier alpha value is -3.36. The number of carbonyl (C=O) groups excluding carboxylic acids is 2. The van der Waals surface area contributed by atoms with Crippen LogP contribution in [0.1, 0.15) is 44.1 Å². The van der Waals surface area contributed by atoms with Gasteiger partial charge in [0.15, 0.2) is 5.76 Å². The average molecular weight is 520 g/mol. The van der Waals surface area contributed by atoms with Crippen molar-refractivity contribution in [2.75, 3.05) is 37.9 Å². The maximum Gasteiger partial charge on any atom is 0.288 e. The Labute approximate surface area is 224 Å². The molecule has 3 aliphatic rings. The number of piperidine rings is 1. The molecule has 2 saturated heterocycles. The van der Waals surface area contributed by atoms with Gasteiger partial charge in [0.1, 0.15) is 5.54 Å². The van der Waals surface area contributed by atoms with Crippen LogP contribution in [-0.4, -0.2) is 66.6 Å². The van der Waals surface area contributed by atoms with Crippen LogP contribution < -0.4 is 10.2 Å². The van der Waals surface area contributed by atoms with E-state index < -0.39 is 11.8 Å². The van der Waals surface area contributed by atoms with E-state index in [1.165, 1.54) is 0 Å². The molecule has 0 bridgehead atoms. The van der Waals surface area contributed by atoms with Crippen molar-refractivity contribution in [2.45, 2.75) is 50.4 Å². The van der Waals surface area contributed by atoms with Crippen molar-refractivity contribution in [1.82, 2.24) is 10.2 Å². The minimum atomic E-state index is -0.657. The fourth-order valence-corrected chi connectivity index (χ4v) is 6.08. The molecule has 2 aromatic rings. The summed E-state index contributed by atoms with van der Waals surface area (Å²) in [6.07, 6.45) is 3.79. The Morgan fingerprint density at radius 2 is 1.79 bits per heavy atom. The number of benzene rings is 2. The Bertz CT molecular complexity index is 1130. The van der Waals surface area contributed by atoms with Crippen molar-refractivity contribution in [3.05, 3.63) is 78.1 Å². The molecule has 0 aliphatic carbocycles. The van der Waals surface area contributed by atoms with Gasteiger partial charge in [-0.15, -0.1) is 0 Å². The first-order valence-corrected chi connectivity index (χ1v) is 13.6.